The van der Waals surface area contributed by atoms with Gasteiger partial charge in [0, 0.05) is 42.8 Å². The van der Waals surface area contributed by atoms with Gasteiger partial charge >= 0.3 is 6.09 Å². The third kappa shape index (κ3) is 4.55. The topological polar surface area (TPSA) is 125 Å². The van der Waals surface area contributed by atoms with Gasteiger partial charge in [-0.25, -0.2) is 4.79 Å². The van der Waals surface area contributed by atoms with Gasteiger partial charge in [-0.15, -0.1) is 32.9 Å². The van der Waals surface area contributed by atoms with E-state index in [-0.39, 0.29) is 40.9 Å². The van der Waals surface area contributed by atoms with Gasteiger partial charge in [-0.1, -0.05) is 83.7 Å². The van der Waals surface area contributed by atoms with Crippen LogP contribution in [0.25, 0.3) is 43.4 Å². The first-order valence-corrected chi connectivity index (χ1v) is 16.8. The molecule has 0 bridgehead atoms. The number of ether oxygens (including phenoxy) is 1. The molecule has 3 heterocycles. The summed E-state index contributed by atoms with van der Waals surface area (Å²) in [6.45, 7) is 0.0314. The summed E-state index contributed by atoms with van der Waals surface area (Å²) in [5, 5.41) is 10.4. The Morgan fingerprint density at radius 2 is 1.02 bits per heavy atom. The number of nitrogens with zero attached hydrogens (tertiary/aromatic N) is 3. The number of ketones is 4. The highest BCUT2D eigenvalue weighted by molar-refractivity contribution is 7.28. The molecule has 0 saturated heterocycles. The lowest BCUT2D eigenvalue weighted by Crippen LogP contribution is -2.16. The molecule has 0 fully saturated rings. The van der Waals surface area contributed by atoms with Crippen molar-refractivity contribution in [3.05, 3.63) is 140 Å². The molecule has 0 spiro atoms. The summed E-state index contributed by atoms with van der Waals surface area (Å²) in [6, 6.07) is 26.4. The second kappa shape index (κ2) is 10.9. The first kappa shape index (κ1) is 29.0. The zero-order valence-corrected chi connectivity index (χ0v) is 26.8. The number of aromatic nitrogens is 3. The van der Waals surface area contributed by atoms with Crippen molar-refractivity contribution >= 4 is 95.3 Å². The van der Waals surface area contributed by atoms with Crippen molar-refractivity contribution in [3.8, 4) is 0 Å². The Bertz CT molecular complexity index is 2480. The van der Waals surface area contributed by atoms with Crippen molar-refractivity contribution < 1.29 is 28.7 Å². The van der Waals surface area contributed by atoms with E-state index < -0.39 is 6.09 Å². The van der Waals surface area contributed by atoms with Crippen molar-refractivity contribution in [2.24, 2.45) is 0 Å². The van der Waals surface area contributed by atoms with Crippen molar-refractivity contribution in [3.63, 3.8) is 0 Å². The van der Waals surface area contributed by atoms with Crippen LogP contribution in [0.5, 0.6) is 0 Å². The van der Waals surface area contributed by atoms with E-state index in [0.717, 1.165) is 19.8 Å². The van der Waals surface area contributed by atoms with Crippen LogP contribution in [0, 0.1) is 0 Å². The largest absolute Gasteiger partial charge is 0.452 e. The number of hydrogen-bond acceptors (Lipinski definition) is 10. The highest BCUT2D eigenvalue weighted by atomic mass is 32.1. The smallest absolute Gasteiger partial charge is 0.442 e. The molecular weight excluding hydrogens is 659 g/mol. The van der Waals surface area contributed by atoms with Crippen LogP contribution in [-0.2, 0) is 11.3 Å². The van der Waals surface area contributed by atoms with Crippen LogP contribution in [0.2, 0.25) is 0 Å². The molecule has 9 rings (SSSR count). The quantitative estimate of drug-likeness (QED) is 0.136. The van der Waals surface area contributed by atoms with E-state index in [1.807, 2.05) is 42.5 Å². The van der Waals surface area contributed by atoms with Crippen molar-refractivity contribution in [1.82, 2.24) is 15.0 Å². The number of rotatable bonds is 4. The average molecular weight is 678 g/mol. The Kier molecular flexibility index (Phi) is 6.48. The van der Waals surface area contributed by atoms with E-state index in [9.17, 15) is 24.0 Å². The third-order valence-electron chi connectivity index (χ3n) is 8.59. The maximum absolute atomic E-state index is 13.2. The summed E-state index contributed by atoms with van der Waals surface area (Å²) in [5.74, 6) is -1.34. The predicted molar refractivity (Wildman–Crippen MR) is 186 cm³/mol. The van der Waals surface area contributed by atoms with Gasteiger partial charge in [-0.05, 0) is 29.8 Å². The zero-order chi connectivity index (χ0) is 33.4. The van der Waals surface area contributed by atoms with Gasteiger partial charge in [0.1, 0.15) is 17.6 Å². The molecule has 49 heavy (non-hydrogen) atoms. The molecule has 9 nitrogen and oxygen atoms in total. The van der Waals surface area contributed by atoms with Crippen molar-refractivity contribution in [2.45, 2.75) is 6.61 Å². The molecule has 0 radical (unpaired) electrons. The van der Waals surface area contributed by atoms with E-state index in [4.69, 9.17) is 4.74 Å². The molecule has 0 N–H and O–H groups in total. The van der Waals surface area contributed by atoms with Gasteiger partial charge in [-0.2, -0.15) is 0 Å². The molecule has 2 aliphatic carbocycles. The lowest BCUT2D eigenvalue weighted by molar-refractivity contribution is 0.0975. The lowest BCUT2D eigenvalue weighted by Gasteiger charge is -2.02. The molecule has 2 aliphatic rings. The third-order valence-corrected chi connectivity index (χ3v) is 10.9. The van der Waals surface area contributed by atoms with Crippen LogP contribution in [0.15, 0.2) is 102 Å². The summed E-state index contributed by atoms with van der Waals surface area (Å²) in [7, 11) is 0. The molecule has 7 aromatic rings. The molecule has 0 unspecified atom stereocenters. The van der Waals surface area contributed by atoms with Crippen LogP contribution in [-0.4, -0.2) is 44.2 Å². The highest BCUT2D eigenvalue weighted by Crippen LogP contribution is 2.44. The predicted octanol–water partition coefficient (Wildman–Crippen LogP) is 7.97. The Balaban J connectivity index is 1.19. The van der Waals surface area contributed by atoms with Crippen molar-refractivity contribution in [2.75, 3.05) is 0 Å². The van der Waals surface area contributed by atoms with Crippen LogP contribution in [0.1, 0.15) is 56.7 Å². The Morgan fingerprint density at radius 1 is 0.612 bits per heavy atom. The minimum atomic E-state index is -0.767. The maximum atomic E-state index is 13.2. The Morgan fingerprint density at radius 3 is 1.45 bits per heavy atom. The summed E-state index contributed by atoms with van der Waals surface area (Å²) in [6.07, 6.45) is 2.42. The summed E-state index contributed by atoms with van der Waals surface area (Å²) in [4.78, 5) is 68.0. The number of hydrogen-bond donors (Lipinski definition) is 0. The van der Waals surface area contributed by atoms with E-state index in [1.54, 1.807) is 60.7 Å². The number of benzene rings is 4. The fraction of sp³-hybridized carbons (Fsp3) is 0.0263. The molecule has 0 amide bonds. The molecule has 0 saturated carbocycles. The maximum Gasteiger partial charge on any atom is 0.452 e. The van der Waals surface area contributed by atoms with E-state index in [0.29, 0.717) is 53.8 Å². The van der Waals surface area contributed by atoms with Crippen LogP contribution in [0.3, 0.4) is 0 Å². The van der Waals surface area contributed by atoms with Gasteiger partial charge in [0.25, 0.3) is 0 Å². The fourth-order valence-corrected chi connectivity index (χ4v) is 8.64. The first-order chi connectivity index (χ1) is 23.9. The zero-order valence-electron chi connectivity index (χ0n) is 25.1. The SMILES string of the molecule is O=C1C(=Cc2cc3c4nn(C(=O)OCc5ccccc5)nc4c4cc(C=C5C(=O)c6ccccc6C5=O)sc4c3s2)C(=O)c2ccccc21. The second-order valence-electron chi connectivity index (χ2n) is 11.5. The standard InChI is InChI=1S/C38H19N3O6S2/c42-32-22-10-4-5-11-23(22)33(43)28(32)16-20-14-26-30-31(40-41(39-30)38(46)47-18-19-8-2-1-3-9-19)27-15-21(49-37(27)36(26)48-20)17-29-34(44)24-12-6-7-13-25(24)35(29)45/h1-17H,18H2. The number of thiophene rings is 2. The number of carbonyl (C=O) groups is 5. The Hall–Kier alpha value is -6.17. The summed E-state index contributed by atoms with van der Waals surface area (Å²) >= 11 is 2.73. The van der Waals surface area contributed by atoms with E-state index in [1.165, 1.54) is 22.7 Å². The van der Waals surface area contributed by atoms with Gasteiger partial charge < -0.3 is 4.74 Å². The van der Waals surface area contributed by atoms with E-state index in [2.05, 4.69) is 10.2 Å². The number of carbonyl (C=O) groups excluding carboxylic acids is 5. The first-order valence-electron chi connectivity index (χ1n) is 15.1. The van der Waals surface area contributed by atoms with Gasteiger partial charge in [-0.3, -0.25) is 19.2 Å². The molecule has 0 atom stereocenters. The average Bonchev–Trinajstić information content (AvgIpc) is 3.94. The molecule has 11 heteroatoms. The Labute approximate surface area is 284 Å². The molecule has 3 aromatic heterocycles. The minimum absolute atomic E-state index is 0.0314. The van der Waals surface area contributed by atoms with Gasteiger partial charge in [0.2, 0.25) is 0 Å². The molecule has 0 aliphatic heterocycles. The van der Waals surface area contributed by atoms with Crippen LogP contribution < -0.4 is 0 Å². The molecular formula is C38H19N3O6S2. The monoisotopic (exact) mass is 677 g/mol. The minimum Gasteiger partial charge on any atom is -0.442 e. The van der Waals surface area contributed by atoms with Gasteiger partial charge in [0.15, 0.2) is 23.1 Å². The molecule has 234 valence electrons. The number of fused-ring (bicyclic) bond motifs is 8. The van der Waals surface area contributed by atoms with Crippen molar-refractivity contribution in [1.29, 1.82) is 0 Å². The number of allylic oxidation sites excluding steroid dienone is 2. The van der Waals surface area contributed by atoms with Crippen LogP contribution >= 0.6 is 22.7 Å². The fourth-order valence-electron chi connectivity index (χ4n) is 6.27. The summed E-state index contributed by atoms with van der Waals surface area (Å²) in [5.41, 5.74) is 3.28. The summed E-state index contributed by atoms with van der Waals surface area (Å²) < 4.78 is 7.08. The number of Topliss-reactive ketones (excluding diaryl/α,β-unsaturated/α-hetero) is 4. The van der Waals surface area contributed by atoms with Gasteiger partial charge in [0.05, 0.1) is 20.5 Å². The molecule has 4 aromatic carbocycles. The normalized spacial score (nSPS) is 14.0. The van der Waals surface area contributed by atoms with E-state index >= 15 is 0 Å². The van der Waals surface area contributed by atoms with Crippen LogP contribution in [0.4, 0.5) is 4.79 Å². The highest BCUT2D eigenvalue weighted by Gasteiger charge is 2.34. The second-order valence-corrected chi connectivity index (χ2v) is 13.7. The lowest BCUT2D eigenvalue weighted by atomic mass is 10.1.